The van der Waals surface area contributed by atoms with Gasteiger partial charge in [-0.1, -0.05) is 0 Å². The molecule has 2 aromatic heterocycles. The maximum atomic E-state index is 11.4. The summed E-state index contributed by atoms with van der Waals surface area (Å²) in [6.45, 7) is 1.93. The van der Waals surface area contributed by atoms with E-state index in [9.17, 15) is 15.0 Å². The maximum Gasteiger partial charge on any atom is 0.306 e. The van der Waals surface area contributed by atoms with Gasteiger partial charge in [0.05, 0.1) is 19.1 Å². The van der Waals surface area contributed by atoms with E-state index in [4.69, 9.17) is 9.72 Å². The van der Waals surface area contributed by atoms with E-state index in [2.05, 4.69) is 25.5 Å². The molecule has 3 aliphatic rings. The molecule has 4 N–H and O–H groups in total. The Balaban J connectivity index is 1.30. The summed E-state index contributed by atoms with van der Waals surface area (Å²) in [6.07, 6.45) is 11.4. The maximum absolute atomic E-state index is 11.4. The van der Waals surface area contributed by atoms with Crippen LogP contribution >= 0.6 is 0 Å². The van der Waals surface area contributed by atoms with E-state index in [0.717, 1.165) is 87.9 Å². The minimum absolute atomic E-state index is 0.193. The van der Waals surface area contributed by atoms with Crippen LogP contribution in [-0.4, -0.2) is 74.4 Å². The third kappa shape index (κ3) is 6.30. The minimum Gasteiger partial charge on any atom is -0.481 e. The molecular weight excluding hydrogens is 472 g/mol. The molecule has 2 unspecified atom stereocenters. The molecule has 5 rings (SSSR count). The van der Waals surface area contributed by atoms with E-state index in [1.807, 2.05) is 12.3 Å². The zero-order valence-electron chi connectivity index (χ0n) is 21.5. The highest BCUT2D eigenvalue weighted by molar-refractivity contribution is 5.70. The third-order valence-electron chi connectivity index (χ3n) is 8.29. The Kier molecular flexibility index (Phi) is 8.05. The first-order valence-electron chi connectivity index (χ1n) is 13.5. The summed E-state index contributed by atoms with van der Waals surface area (Å²) in [5.41, 5.74) is 1.94. The normalized spacial score (nSPS) is 27.1. The van der Waals surface area contributed by atoms with Gasteiger partial charge >= 0.3 is 5.97 Å². The number of aliphatic hydroxyl groups excluding tert-OH is 1. The van der Waals surface area contributed by atoms with Crippen LogP contribution in [0.2, 0.25) is 0 Å². The Bertz CT molecular complexity index is 1070. The van der Waals surface area contributed by atoms with Gasteiger partial charge in [-0.15, -0.1) is 0 Å². The summed E-state index contributed by atoms with van der Waals surface area (Å²) < 4.78 is 5.23. The SMILES string of the molecule is COc1cc(Nc2ncc(C3CCN(C4CCC(C(=O)O)C4)CC3)c(N[C@H]3CC[C@H](O)CC3)n2)ccn1. The van der Waals surface area contributed by atoms with Crippen molar-refractivity contribution in [2.45, 2.75) is 81.9 Å². The molecule has 0 spiro atoms. The van der Waals surface area contributed by atoms with Gasteiger partial charge in [0.25, 0.3) is 0 Å². The van der Waals surface area contributed by atoms with Crippen molar-refractivity contribution in [3.05, 3.63) is 30.1 Å². The predicted octanol–water partition coefficient (Wildman–Crippen LogP) is 3.77. The number of carbonyl (C=O) groups is 1. The number of piperidine rings is 1. The number of hydrogen-bond donors (Lipinski definition) is 4. The van der Waals surface area contributed by atoms with Crippen LogP contribution in [0.4, 0.5) is 17.5 Å². The number of likely N-dealkylation sites (tertiary alicyclic amines) is 1. The number of aliphatic hydroxyl groups is 1. The second-order valence-electron chi connectivity index (χ2n) is 10.7. The zero-order chi connectivity index (χ0) is 25.8. The molecule has 0 aromatic carbocycles. The topological polar surface area (TPSA) is 133 Å². The van der Waals surface area contributed by atoms with Gasteiger partial charge in [-0.05, 0) is 82.9 Å². The first kappa shape index (κ1) is 25.7. The molecule has 0 radical (unpaired) electrons. The zero-order valence-corrected chi connectivity index (χ0v) is 21.5. The number of nitrogens with one attached hydrogen (secondary N) is 2. The van der Waals surface area contributed by atoms with E-state index < -0.39 is 5.97 Å². The van der Waals surface area contributed by atoms with E-state index in [-0.39, 0.29) is 18.1 Å². The largest absolute Gasteiger partial charge is 0.481 e. The lowest BCUT2D eigenvalue weighted by Crippen LogP contribution is -2.40. The van der Waals surface area contributed by atoms with Crippen LogP contribution in [0.5, 0.6) is 5.88 Å². The third-order valence-corrected chi connectivity index (χ3v) is 8.29. The van der Waals surface area contributed by atoms with Crippen LogP contribution in [0.3, 0.4) is 0 Å². The lowest BCUT2D eigenvalue weighted by molar-refractivity contribution is -0.141. The van der Waals surface area contributed by atoms with Gasteiger partial charge in [0.15, 0.2) is 0 Å². The second kappa shape index (κ2) is 11.6. The van der Waals surface area contributed by atoms with Crippen LogP contribution < -0.4 is 15.4 Å². The molecular formula is C27H38N6O4. The van der Waals surface area contributed by atoms with Gasteiger partial charge < -0.3 is 30.5 Å². The number of pyridine rings is 1. The summed E-state index contributed by atoms with van der Waals surface area (Å²) in [5.74, 6) is 1.40. The van der Waals surface area contributed by atoms with Gasteiger partial charge in [-0.3, -0.25) is 4.79 Å². The van der Waals surface area contributed by atoms with Gasteiger partial charge in [0.2, 0.25) is 11.8 Å². The van der Waals surface area contributed by atoms with Crippen LogP contribution in [0.15, 0.2) is 24.5 Å². The fourth-order valence-corrected chi connectivity index (χ4v) is 6.10. The molecule has 1 aliphatic heterocycles. The highest BCUT2D eigenvalue weighted by Gasteiger charge is 2.35. The molecule has 0 bridgehead atoms. The number of hydrogen-bond acceptors (Lipinski definition) is 9. The summed E-state index contributed by atoms with van der Waals surface area (Å²) in [5, 5.41) is 26.3. The average Bonchev–Trinajstić information content (AvgIpc) is 3.41. The molecule has 10 nitrogen and oxygen atoms in total. The van der Waals surface area contributed by atoms with Crippen molar-refractivity contribution in [3.8, 4) is 5.88 Å². The van der Waals surface area contributed by atoms with Gasteiger partial charge in [0, 0.05) is 41.8 Å². The molecule has 10 heteroatoms. The Morgan fingerprint density at radius 1 is 1.08 bits per heavy atom. The fourth-order valence-electron chi connectivity index (χ4n) is 6.10. The lowest BCUT2D eigenvalue weighted by Gasteiger charge is -2.37. The summed E-state index contributed by atoms with van der Waals surface area (Å²) in [6, 6.07) is 4.31. The first-order valence-corrected chi connectivity index (χ1v) is 13.5. The van der Waals surface area contributed by atoms with Crippen molar-refractivity contribution < 1.29 is 19.7 Å². The molecule has 0 amide bonds. The van der Waals surface area contributed by atoms with Crippen molar-refractivity contribution in [1.29, 1.82) is 0 Å². The standard InChI is InChI=1S/C27H38N6O4/c1-37-24-15-20(8-11-28-24)31-27-29-16-23(25(32-27)30-19-3-6-22(34)7-4-19)17-9-12-33(13-10-17)21-5-2-18(14-21)26(35)36/h8,11,15-19,21-22,34H,2-7,9-10,12-14H2,1H3,(H,35,36)(H2,28,29,30,31,32)/t18?,19-,21?,22-. The molecule has 200 valence electrons. The van der Waals surface area contributed by atoms with Crippen molar-refractivity contribution in [3.63, 3.8) is 0 Å². The highest BCUT2D eigenvalue weighted by atomic mass is 16.5. The number of nitrogens with zero attached hydrogens (tertiary/aromatic N) is 4. The van der Waals surface area contributed by atoms with Crippen LogP contribution in [0.25, 0.3) is 0 Å². The quantitative estimate of drug-likeness (QED) is 0.416. The average molecular weight is 511 g/mol. The Morgan fingerprint density at radius 2 is 1.86 bits per heavy atom. The van der Waals surface area contributed by atoms with Crippen molar-refractivity contribution in [1.82, 2.24) is 19.9 Å². The first-order chi connectivity index (χ1) is 18.0. The lowest BCUT2D eigenvalue weighted by atomic mass is 9.88. The monoisotopic (exact) mass is 510 g/mol. The number of aliphatic carboxylic acids is 1. The van der Waals surface area contributed by atoms with Gasteiger partial charge in [-0.2, -0.15) is 4.98 Å². The smallest absolute Gasteiger partial charge is 0.306 e. The molecule has 3 heterocycles. The second-order valence-corrected chi connectivity index (χ2v) is 10.7. The Hall–Kier alpha value is -2.98. The van der Waals surface area contributed by atoms with Crippen LogP contribution in [-0.2, 0) is 4.79 Å². The number of methoxy groups -OCH3 is 1. The number of carboxylic acid groups (broad SMARTS) is 1. The number of anilines is 3. The van der Waals surface area contributed by atoms with Gasteiger partial charge in [-0.25, -0.2) is 9.97 Å². The number of aromatic nitrogens is 3. The molecule has 2 aromatic rings. The van der Waals surface area contributed by atoms with E-state index in [0.29, 0.717) is 23.8 Å². The van der Waals surface area contributed by atoms with Crippen molar-refractivity contribution in [2.24, 2.45) is 5.92 Å². The molecule has 2 aliphatic carbocycles. The van der Waals surface area contributed by atoms with Crippen LogP contribution in [0, 0.1) is 5.92 Å². The summed E-state index contributed by atoms with van der Waals surface area (Å²) in [4.78, 5) is 27.6. The fraction of sp³-hybridized carbons (Fsp3) is 0.630. The number of carboxylic acids is 1. The molecule has 2 saturated carbocycles. The number of rotatable bonds is 8. The van der Waals surface area contributed by atoms with Crippen molar-refractivity contribution in [2.75, 3.05) is 30.8 Å². The molecule has 1 saturated heterocycles. The predicted molar refractivity (Wildman–Crippen MR) is 140 cm³/mol. The van der Waals surface area contributed by atoms with E-state index in [1.54, 1.807) is 19.4 Å². The van der Waals surface area contributed by atoms with Crippen LogP contribution in [0.1, 0.15) is 69.3 Å². The Labute approximate surface area is 217 Å². The van der Waals surface area contributed by atoms with Gasteiger partial charge in [0.1, 0.15) is 5.82 Å². The highest BCUT2D eigenvalue weighted by Crippen LogP contribution is 2.37. The van der Waals surface area contributed by atoms with E-state index >= 15 is 0 Å². The van der Waals surface area contributed by atoms with Crippen molar-refractivity contribution >= 4 is 23.4 Å². The summed E-state index contributed by atoms with van der Waals surface area (Å²) >= 11 is 0. The van der Waals surface area contributed by atoms with E-state index in [1.165, 1.54) is 0 Å². The molecule has 37 heavy (non-hydrogen) atoms. The molecule has 2 atom stereocenters. The Morgan fingerprint density at radius 3 is 2.57 bits per heavy atom. The summed E-state index contributed by atoms with van der Waals surface area (Å²) in [7, 11) is 1.59. The number of ether oxygens (including phenoxy) is 1. The molecule has 3 fully saturated rings. The minimum atomic E-state index is -0.653.